The summed E-state index contributed by atoms with van der Waals surface area (Å²) >= 11 is 0. The first-order chi connectivity index (χ1) is 16.2. The number of carbonyl (C=O) groups is 1. The van der Waals surface area contributed by atoms with Gasteiger partial charge in [0.25, 0.3) is 0 Å². The van der Waals surface area contributed by atoms with Crippen LogP contribution in [0.15, 0.2) is 103 Å². The van der Waals surface area contributed by atoms with Gasteiger partial charge in [0, 0.05) is 16.3 Å². The van der Waals surface area contributed by atoms with Crippen molar-refractivity contribution in [2.24, 2.45) is 0 Å². The summed E-state index contributed by atoms with van der Waals surface area (Å²) in [4.78, 5) is 13.9. The molecule has 0 spiro atoms. The minimum Gasteiger partial charge on any atom is -0.507 e. The van der Waals surface area contributed by atoms with Gasteiger partial charge in [-0.1, -0.05) is 84.9 Å². The van der Waals surface area contributed by atoms with Crippen LogP contribution in [-0.4, -0.2) is 10.9 Å². The van der Waals surface area contributed by atoms with Gasteiger partial charge >= 0.3 is 0 Å². The Morgan fingerprint density at radius 1 is 0.485 bits per heavy atom. The molecule has 2 heteroatoms. The van der Waals surface area contributed by atoms with Crippen LogP contribution in [0.1, 0.15) is 15.9 Å². The molecule has 0 heterocycles. The van der Waals surface area contributed by atoms with Gasteiger partial charge < -0.3 is 5.11 Å². The summed E-state index contributed by atoms with van der Waals surface area (Å²) in [6.07, 6.45) is 0. The highest BCUT2D eigenvalue weighted by Gasteiger charge is 2.21. The van der Waals surface area contributed by atoms with Crippen LogP contribution in [0, 0.1) is 0 Å². The van der Waals surface area contributed by atoms with Crippen molar-refractivity contribution in [2.45, 2.75) is 0 Å². The number of ketones is 1. The number of hydrogen-bond donors (Lipinski definition) is 1. The first-order valence-electron chi connectivity index (χ1n) is 11.1. The molecule has 0 radical (unpaired) electrons. The first kappa shape index (κ1) is 18.2. The molecule has 0 saturated carbocycles. The fourth-order valence-corrected chi connectivity index (χ4v) is 5.36. The van der Waals surface area contributed by atoms with Gasteiger partial charge in [-0.05, 0) is 61.3 Å². The number of aromatic hydroxyl groups is 1. The number of hydrogen-bond acceptors (Lipinski definition) is 2. The Morgan fingerprint density at radius 2 is 1.09 bits per heavy atom. The normalized spacial score (nSPS) is 11.9. The van der Waals surface area contributed by atoms with Gasteiger partial charge in [-0.3, -0.25) is 4.79 Å². The van der Waals surface area contributed by atoms with E-state index in [0.29, 0.717) is 16.5 Å². The SMILES string of the molecule is O=C(c1cc2ccc3cccc4ccc(c1O)c2c34)c1cc2ccccc2c2ccccc12. The quantitative estimate of drug-likeness (QED) is 0.228. The Kier molecular flexibility index (Phi) is 3.60. The first-order valence-corrected chi connectivity index (χ1v) is 11.1. The van der Waals surface area contributed by atoms with Gasteiger partial charge in [0.2, 0.25) is 0 Å². The maximum absolute atomic E-state index is 13.9. The summed E-state index contributed by atoms with van der Waals surface area (Å²) in [5, 5.41) is 21.4. The lowest BCUT2D eigenvalue weighted by Crippen LogP contribution is -2.04. The molecule has 0 aliphatic rings. The second-order valence-corrected chi connectivity index (χ2v) is 8.65. The molecule has 0 unspecified atom stereocenters. The van der Waals surface area contributed by atoms with E-state index in [-0.39, 0.29) is 11.5 Å². The van der Waals surface area contributed by atoms with Gasteiger partial charge in [-0.2, -0.15) is 0 Å². The molecule has 2 nitrogen and oxygen atoms in total. The van der Waals surface area contributed by atoms with Crippen LogP contribution in [-0.2, 0) is 0 Å². The molecule has 0 fully saturated rings. The average Bonchev–Trinajstić information content (AvgIpc) is 2.87. The van der Waals surface area contributed by atoms with E-state index >= 15 is 0 Å². The molecule has 7 aromatic rings. The van der Waals surface area contributed by atoms with Crippen LogP contribution in [0.3, 0.4) is 0 Å². The van der Waals surface area contributed by atoms with E-state index in [1.807, 2.05) is 72.8 Å². The molecule has 0 aliphatic carbocycles. The summed E-state index contributed by atoms with van der Waals surface area (Å²) < 4.78 is 0. The molecule has 0 aromatic heterocycles. The van der Waals surface area contributed by atoms with Crippen molar-refractivity contribution in [3.8, 4) is 5.75 Å². The van der Waals surface area contributed by atoms with E-state index < -0.39 is 0 Å². The lowest BCUT2D eigenvalue weighted by molar-refractivity contribution is 0.103. The van der Waals surface area contributed by atoms with E-state index in [9.17, 15) is 9.90 Å². The van der Waals surface area contributed by atoms with Gasteiger partial charge in [0.15, 0.2) is 5.78 Å². The number of phenolic OH excluding ortho intramolecular Hbond substituents is 1. The van der Waals surface area contributed by atoms with Crippen molar-refractivity contribution < 1.29 is 9.90 Å². The van der Waals surface area contributed by atoms with Crippen molar-refractivity contribution in [2.75, 3.05) is 0 Å². The maximum atomic E-state index is 13.9. The average molecular weight is 422 g/mol. The highest BCUT2D eigenvalue weighted by Crippen LogP contribution is 2.41. The van der Waals surface area contributed by atoms with E-state index in [4.69, 9.17) is 0 Å². The summed E-state index contributed by atoms with van der Waals surface area (Å²) in [6, 6.07) is 34.2. The molecule has 7 rings (SSSR count). The molecular weight excluding hydrogens is 404 g/mol. The Bertz CT molecular complexity index is 1880. The minimum absolute atomic E-state index is 0.0444. The van der Waals surface area contributed by atoms with E-state index in [1.54, 1.807) is 0 Å². The van der Waals surface area contributed by atoms with Crippen molar-refractivity contribution in [3.05, 3.63) is 114 Å². The smallest absolute Gasteiger partial charge is 0.197 e. The Hall–Kier alpha value is -4.43. The highest BCUT2D eigenvalue weighted by molar-refractivity contribution is 6.29. The van der Waals surface area contributed by atoms with Crippen LogP contribution < -0.4 is 0 Å². The number of carbonyl (C=O) groups excluding carboxylic acids is 1. The molecule has 154 valence electrons. The lowest BCUT2D eigenvalue weighted by Gasteiger charge is -2.15. The largest absolute Gasteiger partial charge is 0.507 e. The summed E-state index contributed by atoms with van der Waals surface area (Å²) in [7, 11) is 0. The summed E-state index contributed by atoms with van der Waals surface area (Å²) in [6.45, 7) is 0. The molecule has 0 amide bonds. The van der Waals surface area contributed by atoms with Crippen molar-refractivity contribution >= 4 is 59.6 Å². The van der Waals surface area contributed by atoms with E-state index in [2.05, 4.69) is 30.3 Å². The molecule has 1 N–H and O–H groups in total. The van der Waals surface area contributed by atoms with Gasteiger partial charge in [0.1, 0.15) is 5.75 Å². The molecular formula is C31H18O2. The Balaban J connectivity index is 1.55. The second-order valence-electron chi connectivity index (χ2n) is 8.65. The predicted octanol–water partition coefficient (Wildman–Crippen LogP) is 7.83. The van der Waals surface area contributed by atoms with Gasteiger partial charge in [-0.15, -0.1) is 0 Å². The number of benzene rings is 7. The second kappa shape index (κ2) is 6.54. The minimum atomic E-state index is -0.167. The standard InChI is InChI=1S/C31H18O2/c32-30-25-15-14-19-8-5-7-18-12-13-21(29(25)28(18)19)17-27(30)31(33)26-16-20-6-1-2-9-22(20)23-10-3-4-11-24(23)26/h1-17,32H. The molecule has 7 aromatic carbocycles. The van der Waals surface area contributed by atoms with Crippen LogP contribution in [0.2, 0.25) is 0 Å². The van der Waals surface area contributed by atoms with Gasteiger partial charge in [0.05, 0.1) is 5.56 Å². The zero-order chi connectivity index (χ0) is 22.1. The fourth-order valence-electron chi connectivity index (χ4n) is 5.36. The predicted molar refractivity (Wildman–Crippen MR) is 137 cm³/mol. The molecule has 33 heavy (non-hydrogen) atoms. The summed E-state index contributed by atoms with van der Waals surface area (Å²) in [5.41, 5.74) is 0.939. The Morgan fingerprint density at radius 3 is 1.91 bits per heavy atom. The highest BCUT2D eigenvalue weighted by atomic mass is 16.3. The van der Waals surface area contributed by atoms with Gasteiger partial charge in [-0.25, -0.2) is 0 Å². The Labute approximate surface area is 189 Å². The molecule has 0 saturated heterocycles. The zero-order valence-corrected chi connectivity index (χ0v) is 17.7. The molecule has 0 bridgehead atoms. The number of fused-ring (bicyclic) bond motifs is 3. The third kappa shape index (κ3) is 2.46. The molecule has 0 aliphatic heterocycles. The number of rotatable bonds is 2. The number of phenols is 1. The van der Waals surface area contributed by atoms with Crippen molar-refractivity contribution in [1.82, 2.24) is 0 Å². The topological polar surface area (TPSA) is 37.3 Å². The van der Waals surface area contributed by atoms with Crippen LogP contribution in [0.25, 0.3) is 53.9 Å². The van der Waals surface area contributed by atoms with Crippen LogP contribution in [0.5, 0.6) is 5.75 Å². The van der Waals surface area contributed by atoms with E-state index in [1.165, 1.54) is 0 Å². The fraction of sp³-hybridized carbons (Fsp3) is 0. The third-order valence-corrected chi connectivity index (χ3v) is 6.88. The zero-order valence-electron chi connectivity index (χ0n) is 17.7. The van der Waals surface area contributed by atoms with E-state index in [0.717, 1.165) is 48.5 Å². The lowest BCUT2D eigenvalue weighted by atomic mass is 9.88. The van der Waals surface area contributed by atoms with Crippen molar-refractivity contribution in [3.63, 3.8) is 0 Å². The third-order valence-electron chi connectivity index (χ3n) is 6.88. The van der Waals surface area contributed by atoms with Crippen LogP contribution >= 0.6 is 0 Å². The van der Waals surface area contributed by atoms with Crippen LogP contribution in [0.4, 0.5) is 0 Å². The molecule has 0 atom stereocenters. The van der Waals surface area contributed by atoms with Crippen molar-refractivity contribution in [1.29, 1.82) is 0 Å². The maximum Gasteiger partial charge on any atom is 0.197 e. The summed E-state index contributed by atoms with van der Waals surface area (Å²) in [5.74, 6) is -0.122. The monoisotopic (exact) mass is 422 g/mol.